The average molecular weight is 647 g/mol. The number of benzene rings is 9. The second-order valence-corrected chi connectivity index (χ2v) is 11.0. The first kappa shape index (κ1) is 12.9. The molecule has 1 heterocycles. The SMILES string of the molecule is [2H]c1c([2H])c([2H])c(-c2c3c([2H])c([2H])c([2H])c([2H])c3c(-c3ccc(-c4c([2H])c([2H])c([2H])c5oc6c([2H])c([2H])c([2H])c(-c7c([2H])c([2H])c([2H])c([2H])c7[2H])c6c45)c4ccccc34)c3c([2H])c([2H])c([2H])c([2H])c23)c([2H])c1[2H]. The molecule has 10 rings (SSSR count). The number of hydrogen-bond acceptors (Lipinski definition) is 1. The van der Waals surface area contributed by atoms with Gasteiger partial charge in [-0.3, -0.25) is 0 Å². The third-order valence-corrected chi connectivity index (χ3v) is 8.47. The van der Waals surface area contributed by atoms with E-state index in [9.17, 15) is 6.85 Å². The Hall–Kier alpha value is -6.44. The van der Waals surface area contributed by atoms with Crippen LogP contribution in [0, 0.1) is 0 Å². The van der Waals surface area contributed by atoms with Crippen molar-refractivity contribution in [1.82, 2.24) is 0 Å². The van der Waals surface area contributed by atoms with Crippen molar-refractivity contribution < 1.29 is 37.3 Å². The maximum Gasteiger partial charge on any atom is 0.136 e. The average Bonchev–Trinajstić information content (AvgIpc) is 3.77. The normalized spacial score (nSPS) is 18.5. The lowest BCUT2D eigenvalue weighted by Crippen LogP contribution is -1.92. The molecule has 0 aliphatic heterocycles. The minimum atomic E-state index is -0.828. The summed E-state index contributed by atoms with van der Waals surface area (Å²) in [7, 11) is 0. The molecular formula is C48H30O. The van der Waals surface area contributed by atoms with Crippen LogP contribution in [0.25, 0.3) is 98.8 Å². The van der Waals surface area contributed by atoms with Crippen molar-refractivity contribution in [2.45, 2.75) is 0 Å². The molecule has 0 radical (unpaired) electrons. The first-order chi connectivity index (χ1) is 34.3. The monoisotopic (exact) mass is 646 g/mol. The van der Waals surface area contributed by atoms with Crippen molar-refractivity contribution in [2.24, 2.45) is 0 Å². The number of rotatable bonds is 4. The van der Waals surface area contributed by atoms with Gasteiger partial charge in [-0.2, -0.15) is 0 Å². The zero-order valence-corrected chi connectivity index (χ0v) is 24.9. The highest BCUT2D eigenvalue weighted by Gasteiger charge is 2.21. The molecule has 0 aliphatic carbocycles. The van der Waals surface area contributed by atoms with E-state index >= 15 is 0 Å². The van der Waals surface area contributed by atoms with E-state index in [0.29, 0.717) is 0 Å². The van der Waals surface area contributed by atoms with Crippen molar-refractivity contribution in [3.63, 3.8) is 0 Å². The van der Waals surface area contributed by atoms with Crippen LogP contribution in [-0.4, -0.2) is 0 Å². The van der Waals surface area contributed by atoms with Gasteiger partial charge in [-0.25, -0.2) is 0 Å². The van der Waals surface area contributed by atoms with Crippen LogP contribution >= 0.6 is 0 Å². The van der Waals surface area contributed by atoms with Crippen molar-refractivity contribution in [2.75, 3.05) is 0 Å². The van der Waals surface area contributed by atoms with Crippen molar-refractivity contribution in [3.8, 4) is 44.5 Å². The molecule has 0 bridgehead atoms. The molecule has 1 heteroatoms. The molecule has 1 aromatic heterocycles. The van der Waals surface area contributed by atoms with E-state index in [-0.39, 0.29) is 54.6 Å². The molecule has 0 aliphatic rings. The molecule has 0 N–H and O–H groups in total. The smallest absolute Gasteiger partial charge is 0.136 e. The van der Waals surface area contributed by atoms with Crippen LogP contribution in [-0.2, 0) is 0 Å². The summed E-state index contributed by atoms with van der Waals surface area (Å²) in [5.74, 6) is 0. The van der Waals surface area contributed by atoms with Gasteiger partial charge in [-0.05, 0) is 88.9 Å². The maximum absolute atomic E-state index is 9.48. The van der Waals surface area contributed by atoms with Crippen LogP contribution in [0.1, 0.15) is 32.9 Å². The summed E-state index contributed by atoms with van der Waals surface area (Å²) in [6, 6.07) is -9.22. The van der Waals surface area contributed by atoms with Crippen LogP contribution in [0.2, 0.25) is 0 Å². The molecule has 0 unspecified atom stereocenters. The van der Waals surface area contributed by atoms with Crippen LogP contribution in [0.15, 0.2) is 186 Å². The first-order valence-corrected chi connectivity index (χ1v) is 14.9. The Labute approximate surface area is 318 Å². The summed E-state index contributed by atoms with van der Waals surface area (Å²) >= 11 is 0. The molecule has 0 saturated heterocycles. The Morgan fingerprint density at radius 1 is 0.327 bits per heavy atom. The van der Waals surface area contributed by atoms with Crippen molar-refractivity contribution >= 4 is 54.3 Å². The van der Waals surface area contributed by atoms with E-state index < -0.39 is 189 Å². The zero-order chi connectivity index (χ0) is 53.2. The molecule has 0 fully saturated rings. The molecule has 10 aromatic rings. The Balaban J connectivity index is 1.44. The fourth-order valence-corrected chi connectivity index (χ4v) is 6.53. The van der Waals surface area contributed by atoms with Crippen LogP contribution in [0.3, 0.4) is 0 Å². The lowest BCUT2D eigenvalue weighted by atomic mass is 9.83. The second kappa shape index (κ2) is 11.1. The van der Waals surface area contributed by atoms with Crippen LogP contribution in [0.4, 0.5) is 0 Å². The number of hydrogen-bond donors (Lipinski definition) is 0. The van der Waals surface area contributed by atoms with Crippen molar-refractivity contribution in [3.05, 3.63) is 181 Å². The van der Waals surface area contributed by atoms with Gasteiger partial charge >= 0.3 is 0 Å². The highest BCUT2D eigenvalue weighted by atomic mass is 16.3. The van der Waals surface area contributed by atoms with E-state index in [1.165, 1.54) is 12.1 Å². The molecule has 0 amide bonds. The molecule has 228 valence electrons. The Bertz CT molecular complexity index is 4120. The van der Waals surface area contributed by atoms with Gasteiger partial charge in [0, 0.05) is 10.8 Å². The Morgan fingerprint density at radius 2 is 0.796 bits per heavy atom. The maximum atomic E-state index is 9.48. The van der Waals surface area contributed by atoms with Gasteiger partial charge in [0.25, 0.3) is 0 Å². The third-order valence-electron chi connectivity index (χ3n) is 8.47. The summed E-state index contributed by atoms with van der Waals surface area (Å²) in [6.07, 6.45) is 0. The van der Waals surface area contributed by atoms with E-state index in [0.717, 1.165) is 0 Å². The zero-order valence-electron chi connectivity index (χ0n) is 48.9. The standard InChI is InChI=1S/C48H30O/c1-3-15-31(16-4-1)33-25-13-27-43-47(33)48-37(26-14-28-44(48)49-43)36-29-30-42(35-20-8-7-19-34(35)36)46-40-23-11-9-21-38(40)45(32-17-5-2-6-18-32)39-22-10-12-24-41(39)46/h1-30H/i1D,2D,3D,4D,5D,6D,9D,10D,11D,12D,13D,14D,15D,16D,17D,18D,21D,22D,23D,24D,25D,26D,27D,28D. The molecular weight excluding hydrogens is 593 g/mol. The van der Waals surface area contributed by atoms with Gasteiger partial charge in [0.2, 0.25) is 0 Å². The van der Waals surface area contributed by atoms with E-state index in [1.54, 1.807) is 24.3 Å². The highest BCUT2D eigenvalue weighted by molar-refractivity contribution is 6.25. The van der Waals surface area contributed by atoms with E-state index in [2.05, 4.69) is 0 Å². The largest absolute Gasteiger partial charge is 0.456 e. The summed E-state index contributed by atoms with van der Waals surface area (Å²) in [5, 5.41) is -1.72. The topological polar surface area (TPSA) is 13.1 Å². The lowest BCUT2D eigenvalue weighted by molar-refractivity contribution is 0.669. The summed E-state index contributed by atoms with van der Waals surface area (Å²) in [5.41, 5.74) is -3.19. The minimum Gasteiger partial charge on any atom is -0.456 e. The van der Waals surface area contributed by atoms with Gasteiger partial charge in [-0.1, -0.05) is 169 Å². The highest BCUT2D eigenvalue weighted by Crippen LogP contribution is 2.48. The predicted molar refractivity (Wildman–Crippen MR) is 208 cm³/mol. The van der Waals surface area contributed by atoms with Crippen LogP contribution < -0.4 is 0 Å². The summed E-state index contributed by atoms with van der Waals surface area (Å²) < 4.78 is 220. The molecule has 1 nitrogen and oxygen atoms in total. The van der Waals surface area contributed by atoms with Crippen LogP contribution in [0.5, 0.6) is 0 Å². The molecule has 0 saturated carbocycles. The Kier molecular flexibility index (Phi) is 2.91. The fourth-order valence-electron chi connectivity index (χ4n) is 6.53. The lowest BCUT2D eigenvalue weighted by Gasteiger charge is -2.19. The van der Waals surface area contributed by atoms with E-state index in [4.69, 9.17) is 30.5 Å². The van der Waals surface area contributed by atoms with Gasteiger partial charge in [0.05, 0.1) is 32.9 Å². The van der Waals surface area contributed by atoms with Crippen molar-refractivity contribution in [1.29, 1.82) is 0 Å². The molecule has 0 spiro atoms. The predicted octanol–water partition coefficient (Wildman–Crippen LogP) is 13.7. The van der Waals surface area contributed by atoms with Gasteiger partial charge in [0.1, 0.15) is 11.2 Å². The quantitative estimate of drug-likeness (QED) is 0.173. The van der Waals surface area contributed by atoms with Gasteiger partial charge in [-0.15, -0.1) is 0 Å². The van der Waals surface area contributed by atoms with E-state index in [1.807, 2.05) is 0 Å². The van der Waals surface area contributed by atoms with Gasteiger partial charge < -0.3 is 4.42 Å². The third kappa shape index (κ3) is 4.26. The molecule has 49 heavy (non-hydrogen) atoms. The summed E-state index contributed by atoms with van der Waals surface area (Å²) in [6.45, 7) is 0. The molecule has 0 atom stereocenters. The Morgan fingerprint density at radius 3 is 1.41 bits per heavy atom. The number of furan rings is 1. The second-order valence-electron chi connectivity index (χ2n) is 11.0. The summed E-state index contributed by atoms with van der Waals surface area (Å²) in [4.78, 5) is 0. The fraction of sp³-hybridized carbons (Fsp3) is 0. The number of fused-ring (bicyclic) bond motifs is 6. The molecule has 9 aromatic carbocycles. The minimum absolute atomic E-state index is 0.0561. The van der Waals surface area contributed by atoms with Gasteiger partial charge in [0.15, 0.2) is 0 Å². The first-order valence-electron chi connectivity index (χ1n) is 26.9.